The standard InChI is InChI=1S/C9H17NO5/c1-14-5-3-4-8(12)10-6-7(11)9(13)15-2/h7,11H,3-6H2,1-2H3,(H,10,12). The SMILES string of the molecule is COCCCC(=O)NCC(O)C(=O)OC. The van der Waals surface area contributed by atoms with Gasteiger partial charge in [0.25, 0.3) is 0 Å². The lowest BCUT2D eigenvalue weighted by Crippen LogP contribution is -2.37. The Hall–Kier alpha value is -1.14. The lowest BCUT2D eigenvalue weighted by atomic mass is 10.3. The van der Waals surface area contributed by atoms with E-state index in [1.54, 1.807) is 7.11 Å². The highest BCUT2D eigenvalue weighted by molar-refractivity contribution is 5.78. The molecule has 0 aromatic carbocycles. The molecular weight excluding hydrogens is 202 g/mol. The molecule has 6 nitrogen and oxygen atoms in total. The Morgan fingerprint density at radius 3 is 2.60 bits per heavy atom. The molecule has 0 bridgehead atoms. The number of nitrogens with one attached hydrogen (secondary N) is 1. The third-order valence-electron chi connectivity index (χ3n) is 1.72. The summed E-state index contributed by atoms with van der Waals surface area (Å²) in [5.41, 5.74) is 0. The van der Waals surface area contributed by atoms with Crippen molar-refractivity contribution in [3.8, 4) is 0 Å². The number of rotatable bonds is 7. The van der Waals surface area contributed by atoms with Gasteiger partial charge < -0.3 is 19.9 Å². The molecule has 0 saturated carbocycles. The molecular formula is C9H17NO5. The first-order valence-electron chi connectivity index (χ1n) is 4.63. The second-order valence-corrected chi connectivity index (χ2v) is 2.94. The zero-order valence-corrected chi connectivity index (χ0v) is 8.99. The third-order valence-corrected chi connectivity index (χ3v) is 1.72. The van der Waals surface area contributed by atoms with Gasteiger partial charge in [-0.2, -0.15) is 0 Å². The third kappa shape index (κ3) is 6.87. The summed E-state index contributed by atoms with van der Waals surface area (Å²) in [4.78, 5) is 21.8. The van der Waals surface area contributed by atoms with E-state index in [1.165, 1.54) is 7.11 Å². The first-order valence-corrected chi connectivity index (χ1v) is 4.63. The van der Waals surface area contributed by atoms with E-state index in [1.807, 2.05) is 0 Å². The van der Waals surface area contributed by atoms with Crippen molar-refractivity contribution in [2.75, 3.05) is 27.4 Å². The number of hydrogen-bond donors (Lipinski definition) is 2. The number of esters is 1. The molecule has 0 aliphatic rings. The average molecular weight is 219 g/mol. The van der Waals surface area contributed by atoms with Crippen LogP contribution in [0, 0.1) is 0 Å². The molecule has 0 aromatic rings. The van der Waals surface area contributed by atoms with Crippen LogP contribution in [0.3, 0.4) is 0 Å². The summed E-state index contributed by atoms with van der Waals surface area (Å²) >= 11 is 0. The molecule has 15 heavy (non-hydrogen) atoms. The predicted octanol–water partition coefficient (Wildman–Crippen LogP) is -0.937. The van der Waals surface area contributed by atoms with E-state index in [9.17, 15) is 9.59 Å². The number of aliphatic hydroxyl groups excluding tert-OH is 1. The van der Waals surface area contributed by atoms with Crippen molar-refractivity contribution >= 4 is 11.9 Å². The van der Waals surface area contributed by atoms with Gasteiger partial charge in [0, 0.05) is 20.1 Å². The summed E-state index contributed by atoms with van der Waals surface area (Å²) in [7, 11) is 2.73. The first kappa shape index (κ1) is 13.9. The van der Waals surface area contributed by atoms with Crippen molar-refractivity contribution in [2.24, 2.45) is 0 Å². The van der Waals surface area contributed by atoms with Gasteiger partial charge in [-0.05, 0) is 6.42 Å². The van der Waals surface area contributed by atoms with E-state index in [4.69, 9.17) is 9.84 Å². The Morgan fingerprint density at radius 2 is 2.07 bits per heavy atom. The van der Waals surface area contributed by atoms with Gasteiger partial charge in [0.1, 0.15) is 0 Å². The highest BCUT2D eigenvalue weighted by Crippen LogP contribution is 1.90. The van der Waals surface area contributed by atoms with E-state index in [0.29, 0.717) is 19.4 Å². The van der Waals surface area contributed by atoms with Crippen LogP contribution in [0.25, 0.3) is 0 Å². The lowest BCUT2D eigenvalue weighted by molar-refractivity contribution is -0.150. The molecule has 0 aliphatic carbocycles. The second kappa shape index (κ2) is 8.19. The topological polar surface area (TPSA) is 84.9 Å². The molecule has 0 spiro atoms. The summed E-state index contributed by atoms with van der Waals surface area (Å²) < 4.78 is 9.05. The fraction of sp³-hybridized carbons (Fsp3) is 0.778. The smallest absolute Gasteiger partial charge is 0.336 e. The number of aliphatic hydroxyl groups is 1. The minimum Gasteiger partial charge on any atom is -0.467 e. The number of methoxy groups -OCH3 is 2. The number of carbonyl (C=O) groups is 2. The van der Waals surface area contributed by atoms with Gasteiger partial charge in [-0.3, -0.25) is 4.79 Å². The van der Waals surface area contributed by atoms with Crippen molar-refractivity contribution < 1.29 is 24.2 Å². The summed E-state index contributed by atoms with van der Waals surface area (Å²) in [6.07, 6.45) is -0.389. The van der Waals surface area contributed by atoms with Crippen molar-refractivity contribution in [3.63, 3.8) is 0 Å². The van der Waals surface area contributed by atoms with Crippen LogP contribution in [0.15, 0.2) is 0 Å². The van der Waals surface area contributed by atoms with Crippen LogP contribution in [0.5, 0.6) is 0 Å². The number of hydrogen-bond acceptors (Lipinski definition) is 5. The molecule has 1 atom stereocenters. The molecule has 0 saturated heterocycles. The monoisotopic (exact) mass is 219 g/mol. The van der Waals surface area contributed by atoms with Gasteiger partial charge in [-0.25, -0.2) is 4.79 Å². The Bertz CT molecular complexity index is 207. The van der Waals surface area contributed by atoms with E-state index in [0.717, 1.165) is 0 Å². The summed E-state index contributed by atoms with van der Waals surface area (Å²) in [5, 5.41) is 11.5. The van der Waals surface area contributed by atoms with Crippen molar-refractivity contribution in [1.82, 2.24) is 5.32 Å². The quantitative estimate of drug-likeness (QED) is 0.426. The van der Waals surface area contributed by atoms with Crippen molar-refractivity contribution in [2.45, 2.75) is 18.9 Å². The first-order chi connectivity index (χ1) is 7.11. The van der Waals surface area contributed by atoms with Crippen LogP contribution < -0.4 is 5.32 Å². The van der Waals surface area contributed by atoms with E-state index >= 15 is 0 Å². The van der Waals surface area contributed by atoms with Crippen LogP contribution in [0.4, 0.5) is 0 Å². The zero-order chi connectivity index (χ0) is 11.7. The van der Waals surface area contributed by atoms with Crippen LogP contribution in [-0.2, 0) is 19.1 Å². The Kier molecular flexibility index (Phi) is 7.57. The van der Waals surface area contributed by atoms with E-state index < -0.39 is 12.1 Å². The van der Waals surface area contributed by atoms with Crippen LogP contribution in [0.1, 0.15) is 12.8 Å². The number of carbonyl (C=O) groups excluding carboxylic acids is 2. The van der Waals surface area contributed by atoms with Crippen LogP contribution in [-0.4, -0.2) is 50.5 Å². The normalized spacial score (nSPS) is 11.9. The van der Waals surface area contributed by atoms with Crippen molar-refractivity contribution in [1.29, 1.82) is 0 Å². The molecule has 0 aromatic heterocycles. The van der Waals surface area contributed by atoms with Gasteiger partial charge in [0.15, 0.2) is 6.10 Å². The van der Waals surface area contributed by atoms with E-state index in [-0.39, 0.29) is 12.5 Å². The maximum atomic E-state index is 11.1. The minimum atomic E-state index is -1.30. The summed E-state index contributed by atoms with van der Waals surface area (Å²) in [5.74, 6) is -0.984. The molecule has 0 radical (unpaired) electrons. The molecule has 0 aliphatic heterocycles. The molecule has 0 rings (SSSR count). The van der Waals surface area contributed by atoms with Crippen LogP contribution in [0.2, 0.25) is 0 Å². The fourth-order valence-corrected chi connectivity index (χ4v) is 0.895. The highest BCUT2D eigenvalue weighted by atomic mass is 16.5. The predicted molar refractivity (Wildman–Crippen MR) is 52.1 cm³/mol. The maximum Gasteiger partial charge on any atom is 0.336 e. The van der Waals surface area contributed by atoms with Gasteiger partial charge in [-0.1, -0.05) is 0 Å². The largest absolute Gasteiger partial charge is 0.467 e. The average Bonchev–Trinajstić information content (AvgIpc) is 2.25. The molecule has 1 unspecified atom stereocenters. The Labute approximate surface area is 88.6 Å². The number of ether oxygens (including phenoxy) is 2. The fourth-order valence-electron chi connectivity index (χ4n) is 0.895. The molecule has 6 heteroatoms. The van der Waals surface area contributed by atoms with Gasteiger partial charge in [0.05, 0.1) is 13.7 Å². The lowest BCUT2D eigenvalue weighted by Gasteiger charge is -2.09. The van der Waals surface area contributed by atoms with Gasteiger partial charge in [-0.15, -0.1) is 0 Å². The second-order valence-electron chi connectivity index (χ2n) is 2.94. The Morgan fingerprint density at radius 1 is 1.40 bits per heavy atom. The van der Waals surface area contributed by atoms with Gasteiger partial charge >= 0.3 is 5.97 Å². The zero-order valence-electron chi connectivity index (χ0n) is 8.99. The van der Waals surface area contributed by atoms with Crippen LogP contribution >= 0.6 is 0 Å². The van der Waals surface area contributed by atoms with Gasteiger partial charge in [0.2, 0.25) is 5.91 Å². The number of amides is 1. The van der Waals surface area contributed by atoms with Crippen molar-refractivity contribution in [3.05, 3.63) is 0 Å². The molecule has 0 fully saturated rings. The van der Waals surface area contributed by atoms with E-state index in [2.05, 4.69) is 10.1 Å². The molecule has 2 N–H and O–H groups in total. The highest BCUT2D eigenvalue weighted by Gasteiger charge is 2.15. The molecule has 88 valence electrons. The Balaban J connectivity index is 3.57. The summed E-state index contributed by atoms with van der Waals surface area (Å²) in [6, 6.07) is 0. The maximum absolute atomic E-state index is 11.1. The summed E-state index contributed by atoms with van der Waals surface area (Å²) in [6.45, 7) is 0.380. The molecule has 1 amide bonds. The molecule has 0 heterocycles. The minimum absolute atomic E-state index is 0.126.